The number of likely N-dealkylation sites (tertiary alicyclic amines) is 1. The zero-order valence-corrected chi connectivity index (χ0v) is 16.4. The van der Waals surface area contributed by atoms with Gasteiger partial charge in [-0.2, -0.15) is 0 Å². The number of rotatable bonds is 5. The van der Waals surface area contributed by atoms with E-state index in [0.29, 0.717) is 6.54 Å². The zero-order chi connectivity index (χ0) is 18.4. The summed E-state index contributed by atoms with van der Waals surface area (Å²) in [6.07, 6.45) is 1.98. The molecule has 2 saturated heterocycles. The highest BCUT2D eigenvalue weighted by Gasteiger charge is 2.38. The summed E-state index contributed by atoms with van der Waals surface area (Å²) in [6, 6.07) is 0. The lowest BCUT2D eigenvalue weighted by Crippen LogP contribution is -2.52. The van der Waals surface area contributed by atoms with Gasteiger partial charge in [0.15, 0.2) is 5.96 Å². The van der Waals surface area contributed by atoms with Gasteiger partial charge in [-0.15, -0.1) is 0 Å². The summed E-state index contributed by atoms with van der Waals surface area (Å²) in [4.78, 5) is 21.4. The number of hydrogen-bond acceptors (Lipinski definition) is 5. The van der Waals surface area contributed by atoms with E-state index in [1.807, 2.05) is 0 Å². The van der Waals surface area contributed by atoms with Crippen molar-refractivity contribution in [1.82, 2.24) is 15.1 Å². The first-order chi connectivity index (χ1) is 11.9. The first kappa shape index (κ1) is 20.0. The molecular formula is C18H34N4O3. The van der Waals surface area contributed by atoms with Gasteiger partial charge < -0.3 is 24.6 Å². The van der Waals surface area contributed by atoms with E-state index in [1.54, 1.807) is 0 Å². The van der Waals surface area contributed by atoms with Crippen molar-refractivity contribution >= 4 is 11.9 Å². The molecule has 2 heterocycles. The SMILES string of the molecule is CCNC(=NCC1(N(C)C)CCOCC1)N1CC(C)C(C(=O)OC)C1. The molecule has 0 aliphatic carbocycles. The van der Waals surface area contributed by atoms with Crippen molar-refractivity contribution in [3.05, 3.63) is 0 Å². The third-order valence-corrected chi connectivity index (χ3v) is 5.65. The second-order valence-corrected chi connectivity index (χ2v) is 7.41. The Balaban J connectivity index is 2.11. The molecule has 2 fully saturated rings. The third-order valence-electron chi connectivity index (χ3n) is 5.65. The van der Waals surface area contributed by atoms with Gasteiger partial charge in [0.1, 0.15) is 0 Å². The Morgan fingerprint density at radius 1 is 1.36 bits per heavy atom. The Hall–Kier alpha value is -1.34. The summed E-state index contributed by atoms with van der Waals surface area (Å²) < 4.78 is 10.5. The minimum Gasteiger partial charge on any atom is -0.469 e. The monoisotopic (exact) mass is 354 g/mol. The molecule has 7 nitrogen and oxygen atoms in total. The molecule has 0 aromatic rings. The average Bonchev–Trinajstić information content (AvgIpc) is 3.00. The van der Waals surface area contributed by atoms with Gasteiger partial charge in [0.25, 0.3) is 0 Å². The van der Waals surface area contributed by atoms with E-state index in [9.17, 15) is 4.79 Å². The summed E-state index contributed by atoms with van der Waals surface area (Å²) in [5.74, 6) is 0.954. The Morgan fingerprint density at radius 2 is 2.04 bits per heavy atom. The standard InChI is InChI=1S/C18H34N4O3/c1-6-19-17(22-11-14(2)15(12-22)16(23)24-5)20-13-18(21(3)4)7-9-25-10-8-18/h14-15H,6-13H2,1-5H3,(H,19,20). The van der Waals surface area contributed by atoms with Gasteiger partial charge in [-0.25, -0.2) is 0 Å². The largest absolute Gasteiger partial charge is 0.469 e. The third kappa shape index (κ3) is 4.64. The molecule has 2 atom stereocenters. The van der Waals surface area contributed by atoms with Crippen LogP contribution in [0.25, 0.3) is 0 Å². The highest BCUT2D eigenvalue weighted by molar-refractivity contribution is 5.82. The summed E-state index contributed by atoms with van der Waals surface area (Å²) in [5, 5.41) is 3.39. The fraction of sp³-hybridized carbons (Fsp3) is 0.889. The van der Waals surface area contributed by atoms with Gasteiger partial charge in [0.2, 0.25) is 0 Å². The van der Waals surface area contributed by atoms with Gasteiger partial charge in [-0.3, -0.25) is 9.79 Å². The molecule has 25 heavy (non-hydrogen) atoms. The number of carbonyl (C=O) groups is 1. The number of methoxy groups -OCH3 is 1. The van der Waals surface area contributed by atoms with Crippen molar-refractivity contribution in [2.75, 3.05) is 60.6 Å². The number of nitrogens with one attached hydrogen (secondary N) is 1. The van der Waals surface area contributed by atoms with Crippen LogP contribution in [0.3, 0.4) is 0 Å². The fourth-order valence-corrected chi connectivity index (χ4v) is 3.74. The molecule has 0 bridgehead atoms. The second kappa shape index (κ2) is 8.85. The fourth-order valence-electron chi connectivity index (χ4n) is 3.74. The first-order valence-electron chi connectivity index (χ1n) is 9.29. The molecule has 2 aliphatic heterocycles. The highest BCUT2D eigenvalue weighted by Crippen LogP contribution is 2.27. The van der Waals surface area contributed by atoms with E-state index in [2.05, 4.69) is 43.1 Å². The minimum atomic E-state index is -0.125. The second-order valence-electron chi connectivity index (χ2n) is 7.41. The van der Waals surface area contributed by atoms with Crippen LogP contribution in [0.1, 0.15) is 26.7 Å². The molecular weight excluding hydrogens is 320 g/mol. The van der Waals surface area contributed by atoms with Crippen LogP contribution in [0.2, 0.25) is 0 Å². The predicted octanol–water partition coefficient (Wildman–Crippen LogP) is 0.804. The Morgan fingerprint density at radius 3 is 2.60 bits per heavy atom. The zero-order valence-electron chi connectivity index (χ0n) is 16.4. The number of hydrogen-bond donors (Lipinski definition) is 1. The molecule has 1 N–H and O–H groups in total. The number of ether oxygens (including phenoxy) is 2. The molecule has 0 saturated carbocycles. The van der Waals surface area contributed by atoms with Crippen LogP contribution < -0.4 is 5.32 Å². The Bertz CT molecular complexity index is 475. The molecule has 0 radical (unpaired) electrons. The van der Waals surface area contributed by atoms with E-state index in [1.165, 1.54) is 7.11 Å². The van der Waals surface area contributed by atoms with Crippen molar-refractivity contribution in [2.45, 2.75) is 32.2 Å². The predicted molar refractivity (Wildman–Crippen MR) is 98.7 cm³/mol. The molecule has 2 unspecified atom stereocenters. The van der Waals surface area contributed by atoms with Gasteiger partial charge in [0, 0.05) is 38.4 Å². The number of likely N-dealkylation sites (N-methyl/N-ethyl adjacent to an activating group) is 1. The highest BCUT2D eigenvalue weighted by atomic mass is 16.5. The number of aliphatic imine (C=N–C) groups is 1. The maximum absolute atomic E-state index is 12.0. The van der Waals surface area contributed by atoms with Crippen LogP contribution in [0, 0.1) is 11.8 Å². The topological polar surface area (TPSA) is 66.4 Å². The molecule has 2 aliphatic rings. The normalized spacial score (nSPS) is 26.8. The Kier molecular flexibility index (Phi) is 7.07. The molecule has 0 aromatic heterocycles. The number of nitrogens with zero attached hydrogens (tertiary/aromatic N) is 3. The molecule has 0 spiro atoms. The van der Waals surface area contributed by atoms with Crippen LogP contribution in [0.4, 0.5) is 0 Å². The van der Waals surface area contributed by atoms with Crippen LogP contribution in [-0.2, 0) is 14.3 Å². The lowest BCUT2D eigenvalue weighted by Gasteiger charge is -2.42. The van der Waals surface area contributed by atoms with E-state index in [-0.39, 0.29) is 23.3 Å². The van der Waals surface area contributed by atoms with Crippen LogP contribution in [0.15, 0.2) is 4.99 Å². The minimum absolute atomic E-state index is 0.0476. The summed E-state index contributed by atoms with van der Waals surface area (Å²) in [7, 11) is 5.71. The molecule has 0 aromatic carbocycles. The summed E-state index contributed by atoms with van der Waals surface area (Å²) in [5.41, 5.74) is 0.0476. The van der Waals surface area contributed by atoms with Crippen molar-refractivity contribution < 1.29 is 14.3 Å². The smallest absolute Gasteiger partial charge is 0.310 e. The molecule has 7 heteroatoms. The lowest BCUT2D eigenvalue weighted by atomic mass is 9.89. The number of esters is 1. The van der Waals surface area contributed by atoms with E-state index >= 15 is 0 Å². The van der Waals surface area contributed by atoms with Crippen molar-refractivity contribution in [1.29, 1.82) is 0 Å². The van der Waals surface area contributed by atoms with Gasteiger partial charge in [0.05, 0.1) is 19.6 Å². The number of guanidine groups is 1. The van der Waals surface area contributed by atoms with Crippen LogP contribution >= 0.6 is 0 Å². The summed E-state index contributed by atoms with van der Waals surface area (Å²) >= 11 is 0. The Labute approximate surface area is 151 Å². The quantitative estimate of drug-likeness (QED) is 0.448. The maximum atomic E-state index is 12.0. The first-order valence-corrected chi connectivity index (χ1v) is 9.29. The number of carbonyl (C=O) groups excluding carboxylic acids is 1. The van der Waals surface area contributed by atoms with Crippen LogP contribution in [0.5, 0.6) is 0 Å². The van der Waals surface area contributed by atoms with E-state index < -0.39 is 0 Å². The molecule has 2 rings (SSSR count). The van der Waals surface area contributed by atoms with E-state index in [0.717, 1.165) is 51.6 Å². The average molecular weight is 354 g/mol. The molecule has 0 amide bonds. The lowest BCUT2D eigenvalue weighted by molar-refractivity contribution is -0.145. The van der Waals surface area contributed by atoms with Crippen molar-refractivity contribution in [2.24, 2.45) is 16.8 Å². The van der Waals surface area contributed by atoms with Gasteiger partial charge in [-0.05, 0) is 39.8 Å². The molecule has 144 valence electrons. The van der Waals surface area contributed by atoms with Gasteiger partial charge in [-0.1, -0.05) is 6.92 Å². The maximum Gasteiger partial charge on any atom is 0.310 e. The van der Waals surface area contributed by atoms with Crippen molar-refractivity contribution in [3.8, 4) is 0 Å². The summed E-state index contributed by atoms with van der Waals surface area (Å²) in [6.45, 7) is 8.78. The van der Waals surface area contributed by atoms with Crippen molar-refractivity contribution in [3.63, 3.8) is 0 Å². The van der Waals surface area contributed by atoms with Gasteiger partial charge >= 0.3 is 5.97 Å². The van der Waals surface area contributed by atoms with E-state index in [4.69, 9.17) is 14.5 Å². The van der Waals surface area contributed by atoms with Crippen LogP contribution in [-0.4, -0.2) is 87.9 Å².